The molecule has 0 radical (unpaired) electrons. The molecule has 100 valence electrons. The van der Waals surface area contributed by atoms with E-state index in [0.717, 1.165) is 11.8 Å². The molecule has 1 fully saturated rings. The lowest BCUT2D eigenvalue weighted by Gasteiger charge is -2.36. The Morgan fingerprint density at radius 3 is 2.72 bits per heavy atom. The fourth-order valence-electron chi connectivity index (χ4n) is 3.04. The Bertz CT molecular complexity index is 388. The Kier molecular flexibility index (Phi) is 4.26. The topological polar surface area (TPSA) is 13.1 Å². The number of nitrogens with zero attached hydrogens (tertiary/aromatic N) is 1. The molecule has 0 amide bonds. The minimum Gasteiger partial charge on any atom is -0.441 e. The van der Waals surface area contributed by atoms with Crippen LogP contribution in [0.4, 0.5) is 0 Å². The third kappa shape index (κ3) is 3.04. The van der Waals surface area contributed by atoms with Gasteiger partial charge >= 0.3 is 5.88 Å². The zero-order chi connectivity index (χ0) is 13.1. The van der Waals surface area contributed by atoms with Gasteiger partial charge in [-0.15, -0.1) is 0 Å². The normalized spacial score (nSPS) is 28.4. The lowest BCUT2D eigenvalue weighted by atomic mass is 9.75. The molecule has 1 aliphatic carbocycles. The molecule has 1 aliphatic rings. The zero-order valence-electron chi connectivity index (χ0n) is 12.1. The minimum absolute atomic E-state index is 0.377. The van der Waals surface area contributed by atoms with E-state index in [-0.39, 0.29) is 0 Å². The highest BCUT2D eigenvalue weighted by Gasteiger charge is 2.33. The Labute approximate surface area is 111 Å². The van der Waals surface area contributed by atoms with E-state index in [1.165, 1.54) is 19.3 Å². The first-order valence-electron chi connectivity index (χ1n) is 7.19. The molecule has 0 bridgehead atoms. The van der Waals surface area contributed by atoms with E-state index in [9.17, 15) is 0 Å². The summed E-state index contributed by atoms with van der Waals surface area (Å²) in [6, 6.07) is 6.15. The Morgan fingerprint density at radius 2 is 2.06 bits per heavy atom. The van der Waals surface area contributed by atoms with Gasteiger partial charge in [0.05, 0.1) is 6.07 Å². The van der Waals surface area contributed by atoms with Crippen LogP contribution in [-0.2, 0) is 7.05 Å². The molecule has 0 N–H and O–H groups in total. The van der Waals surface area contributed by atoms with Crippen LogP contribution in [0.15, 0.2) is 24.4 Å². The summed E-state index contributed by atoms with van der Waals surface area (Å²) in [5.74, 6) is 3.18. The first-order chi connectivity index (χ1) is 8.58. The van der Waals surface area contributed by atoms with Crippen LogP contribution in [0.25, 0.3) is 0 Å². The van der Waals surface area contributed by atoms with Crippen LogP contribution in [0.1, 0.15) is 40.0 Å². The Morgan fingerprint density at radius 1 is 1.28 bits per heavy atom. The van der Waals surface area contributed by atoms with Gasteiger partial charge in [-0.05, 0) is 36.7 Å². The third-order valence-corrected chi connectivity index (χ3v) is 4.24. The smallest absolute Gasteiger partial charge is 0.367 e. The number of aryl methyl sites for hydroxylation is 1. The highest BCUT2D eigenvalue weighted by molar-refractivity contribution is 5.03. The maximum Gasteiger partial charge on any atom is 0.367 e. The van der Waals surface area contributed by atoms with Gasteiger partial charge in [0.25, 0.3) is 0 Å². The zero-order valence-corrected chi connectivity index (χ0v) is 12.1. The summed E-state index contributed by atoms with van der Waals surface area (Å²) in [4.78, 5) is 0. The van der Waals surface area contributed by atoms with Crippen molar-refractivity contribution in [1.29, 1.82) is 0 Å². The maximum absolute atomic E-state index is 6.29. The minimum atomic E-state index is 0.377. The molecule has 0 spiro atoms. The second-order valence-electron chi connectivity index (χ2n) is 6.13. The van der Waals surface area contributed by atoms with Crippen LogP contribution in [0.2, 0.25) is 0 Å². The largest absolute Gasteiger partial charge is 0.441 e. The number of hydrogen-bond acceptors (Lipinski definition) is 1. The van der Waals surface area contributed by atoms with Gasteiger partial charge < -0.3 is 4.74 Å². The number of hydrogen-bond donors (Lipinski definition) is 0. The summed E-state index contributed by atoms with van der Waals surface area (Å²) in [6.45, 7) is 6.99. The lowest BCUT2D eigenvalue weighted by Crippen LogP contribution is -2.40. The monoisotopic (exact) mass is 248 g/mol. The molecular formula is C16H26NO+. The van der Waals surface area contributed by atoms with Gasteiger partial charge in [-0.3, -0.25) is 0 Å². The second kappa shape index (κ2) is 5.73. The summed E-state index contributed by atoms with van der Waals surface area (Å²) >= 11 is 0. The molecule has 1 aromatic heterocycles. The van der Waals surface area contributed by atoms with Gasteiger partial charge in [0.1, 0.15) is 13.2 Å². The van der Waals surface area contributed by atoms with E-state index in [0.29, 0.717) is 17.9 Å². The number of ether oxygens (including phenoxy) is 1. The van der Waals surface area contributed by atoms with Crippen molar-refractivity contribution >= 4 is 0 Å². The molecule has 0 aromatic carbocycles. The fraction of sp³-hybridized carbons (Fsp3) is 0.688. The first kappa shape index (κ1) is 13.4. The molecule has 3 atom stereocenters. The van der Waals surface area contributed by atoms with Gasteiger partial charge in [-0.1, -0.05) is 27.2 Å². The predicted molar refractivity (Wildman–Crippen MR) is 73.4 cm³/mol. The number of pyridine rings is 1. The van der Waals surface area contributed by atoms with E-state index in [4.69, 9.17) is 4.74 Å². The van der Waals surface area contributed by atoms with Gasteiger partial charge in [0, 0.05) is 6.07 Å². The highest BCUT2D eigenvalue weighted by atomic mass is 16.5. The highest BCUT2D eigenvalue weighted by Crippen LogP contribution is 2.35. The van der Waals surface area contributed by atoms with Gasteiger partial charge in [0.15, 0.2) is 6.20 Å². The quantitative estimate of drug-likeness (QED) is 0.748. The van der Waals surface area contributed by atoms with Crippen molar-refractivity contribution in [2.24, 2.45) is 24.8 Å². The van der Waals surface area contributed by atoms with Crippen LogP contribution < -0.4 is 9.30 Å². The Balaban J connectivity index is 2.11. The van der Waals surface area contributed by atoms with Crippen LogP contribution in [-0.4, -0.2) is 6.10 Å². The third-order valence-electron chi connectivity index (χ3n) is 4.24. The molecule has 2 nitrogen and oxygen atoms in total. The van der Waals surface area contributed by atoms with Crippen LogP contribution in [0, 0.1) is 17.8 Å². The van der Waals surface area contributed by atoms with Crippen LogP contribution >= 0.6 is 0 Å². The van der Waals surface area contributed by atoms with Crippen molar-refractivity contribution in [2.45, 2.75) is 46.1 Å². The van der Waals surface area contributed by atoms with Crippen molar-refractivity contribution in [3.05, 3.63) is 24.4 Å². The van der Waals surface area contributed by atoms with Gasteiger partial charge in [0.2, 0.25) is 0 Å². The summed E-state index contributed by atoms with van der Waals surface area (Å²) in [6.07, 6.45) is 6.27. The average molecular weight is 248 g/mol. The van der Waals surface area contributed by atoms with E-state index in [1.807, 2.05) is 25.4 Å². The summed E-state index contributed by atoms with van der Waals surface area (Å²) in [7, 11) is 2.05. The predicted octanol–water partition coefficient (Wildman–Crippen LogP) is 3.35. The molecule has 2 rings (SSSR count). The average Bonchev–Trinajstić information content (AvgIpc) is 2.32. The first-order valence-corrected chi connectivity index (χ1v) is 7.19. The maximum atomic E-state index is 6.29. The van der Waals surface area contributed by atoms with E-state index >= 15 is 0 Å². The van der Waals surface area contributed by atoms with E-state index < -0.39 is 0 Å². The van der Waals surface area contributed by atoms with Crippen molar-refractivity contribution in [1.82, 2.24) is 0 Å². The van der Waals surface area contributed by atoms with Crippen molar-refractivity contribution < 1.29 is 9.30 Å². The van der Waals surface area contributed by atoms with Gasteiger partial charge in [-0.25, -0.2) is 0 Å². The molecule has 18 heavy (non-hydrogen) atoms. The second-order valence-corrected chi connectivity index (χ2v) is 6.13. The molecule has 1 aromatic rings. The Hall–Kier alpha value is -1.05. The molecular weight excluding hydrogens is 222 g/mol. The fourth-order valence-corrected chi connectivity index (χ4v) is 3.04. The van der Waals surface area contributed by atoms with E-state index in [2.05, 4.69) is 31.4 Å². The van der Waals surface area contributed by atoms with Crippen molar-refractivity contribution in [3.63, 3.8) is 0 Å². The molecule has 1 saturated carbocycles. The van der Waals surface area contributed by atoms with Crippen LogP contribution in [0.3, 0.4) is 0 Å². The van der Waals surface area contributed by atoms with Crippen LogP contribution in [0.5, 0.6) is 5.88 Å². The van der Waals surface area contributed by atoms with Crippen molar-refractivity contribution in [2.75, 3.05) is 0 Å². The molecule has 0 saturated heterocycles. The summed E-state index contributed by atoms with van der Waals surface area (Å²) < 4.78 is 8.36. The molecule has 2 heteroatoms. The standard InChI is InChI=1S/C16H26NO/c1-12(2)14-9-8-13(3)11-15(14)18-16-7-5-6-10-17(16)4/h5-7,10,12-15H,8-9,11H2,1-4H3/q+1/t13-,14+,15+/m1/s1. The van der Waals surface area contributed by atoms with Crippen molar-refractivity contribution in [3.8, 4) is 5.88 Å². The summed E-state index contributed by atoms with van der Waals surface area (Å²) in [5.41, 5.74) is 0. The SMILES string of the molecule is CC(C)[C@@H]1CC[C@@H](C)C[C@@H]1Oc1cccc[n+]1C. The number of rotatable bonds is 3. The molecule has 0 unspecified atom stereocenters. The summed E-state index contributed by atoms with van der Waals surface area (Å²) in [5, 5.41) is 0. The molecule has 0 aliphatic heterocycles. The molecule has 1 heterocycles. The lowest BCUT2D eigenvalue weighted by molar-refractivity contribution is -0.678. The number of aromatic nitrogens is 1. The van der Waals surface area contributed by atoms with Gasteiger partial charge in [-0.2, -0.15) is 4.57 Å². The van der Waals surface area contributed by atoms with E-state index in [1.54, 1.807) is 0 Å².